The number of benzene rings is 1. The number of hydrogen-bond acceptors (Lipinski definition) is 3. The molecule has 1 aromatic rings. The lowest BCUT2D eigenvalue weighted by molar-refractivity contribution is -0.138. The lowest BCUT2D eigenvalue weighted by atomic mass is 9.85. The number of carbonyl (C=O) groups is 1. The summed E-state index contributed by atoms with van der Waals surface area (Å²) in [6.07, 6.45) is 1.67. The second kappa shape index (κ2) is 6.48. The Labute approximate surface area is 126 Å². The summed E-state index contributed by atoms with van der Waals surface area (Å²) in [5.41, 5.74) is 7.09. The minimum absolute atomic E-state index is 0.0361. The highest BCUT2D eigenvalue weighted by Crippen LogP contribution is 2.27. The number of nitrogens with zero attached hydrogens (tertiary/aromatic N) is 1. The highest BCUT2D eigenvalue weighted by atomic mass is 16.3. The summed E-state index contributed by atoms with van der Waals surface area (Å²) >= 11 is 0. The maximum atomic E-state index is 12.6. The van der Waals surface area contributed by atoms with E-state index in [0.29, 0.717) is 18.3 Å². The van der Waals surface area contributed by atoms with Gasteiger partial charge in [0.1, 0.15) is 5.75 Å². The number of phenolic OH excluding ortho intramolecular Hbond substituents is 1. The van der Waals surface area contributed by atoms with Gasteiger partial charge in [0.2, 0.25) is 5.91 Å². The average molecular weight is 290 g/mol. The summed E-state index contributed by atoms with van der Waals surface area (Å²) in [5, 5.41) is 9.29. The number of piperidine rings is 1. The topological polar surface area (TPSA) is 66.6 Å². The van der Waals surface area contributed by atoms with E-state index in [2.05, 4.69) is 20.8 Å². The van der Waals surface area contributed by atoms with E-state index in [1.54, 1.807) is 12.1 Å². The number of likely N-dealkylation sites (tertiary alicyclic amines) is 1. The predicted octanol–water partition coefficient (Wildman–Crippen LogP) is 2.16. The molecule has 0 radical (unpaired) electrons. The van der Waals surface area contributed by atoms with Crippen LogP contribution in [-0.4, -0.2) is 34.5 Å². The van der Waals surface area contributed by atoms with Crippen molar-refractivity contribution in [3.8, 4) is 5.75 Å². The lowest BCUT2D eigenvalue weighted by Gasteiger charge is -2.42. The van der Waals surface area contributed by atoms with Crippen LogP contribution in [0.4, 0.5) is 0 Å². The summed E-state index contributed by atoms with van der Waals surface area (Å²) in [7, 11) is 0. The zero-order chi connectivity index (χ0) is 15.6. The molecule has 4 heteroatoms. The lowest BCUT2D eigenvalue weighted by Crippen LogP contribution is -2.54. The minimum atomic E-state index is -0.519. The Bertz CT molecular complexity index is 486. The molecule has 3 N–H and O–H groups in total. The van der Waals surface area contributed by atoms with Gasteiger partial charge in [-0.1, -0.05) is 26.0 Å². The highest BCUT2D eigenvalue weighted by Gasteiger charge is 2.33. The summed E-state index contributed by atoms with van der Waals surface area (Å²) in [5.74, 6) is 1.31. The van der Waals surface area contributed by atoms with Crippen LogP contribution in [0.1, 0.15) is 32.8 Å². The van der Waals surface area contributed by atoms with Crippen LogP contribution in [0.3, 0.4) is 0 Å². The fourth-order valence-electron chi connectivity index (χ4n) is 3.19. The Kier molecular flexibility index (Phi) is 4.88. The summed E-state index contributed by atoms with van der Waals surface area (Å²) in [6, 6.07) is 6.61. The molecule has 4 unspecified atom stereocenters. The van der Waals surface area contributed by atoms with E-state index in [1.807, 2.05) is 17.0 Å². The quantitative estimate of drug-likeness (QED) is 0.896. The van der Waals surface area contributed by atoms with E-state index in [1.165, 1.54) is 0 Å². The standard InChI is InChI=1S/C17H26N2O2/c1-11-8-12(2)13(3)19(10-11)17(21)16(18)9-14-4-6-15(20)7-5-14/h4-7,11-13,16,20H,8-10,18H2,1-3H3. The van der Waals surface area contributed by atoms with Gasteiger partial charge in [-0.2, -0.15) is 0 Å². The highest BCUT2D eigenvalue weighted by molar-refractivity contribution is 5.82. The van der Waals surface area contributed by atoms with E-state index in [4.69, 9.17) is 5.73 Å². The van der Waals surface area contributed by atoms with Gasteiger partial charge < -0.3 is 15.7 Å². The third-order valence-electron chi connectivity index (χ3n) is 4.59. The molecule has 4 nitrogen and oxygen atoms in total. The SMILES string of the molecule is CC1CC(C)C(C)N(C(=O)C(N)Cc2ccc(O)cc2)C1. The second-order valence-corrected chi connectivity index (χ2v) is 6.53. The zero-order valence-corrected chi connectivity index (χ0v) is 13.1. The van der Waals surface area contributed by atoms with Crippen molar-refractivity contribution in [1.29, 1.82) is 0 Å². The Hall–Kier alpha value is -1.55. The van der Waals surface area contributed by atoms with Crippen molar-refractivity contribution in [2.75, 3.05) is 6.54 Å². The van der Waals surface area contributed by atoms with E-state index in [9.17, 15) is 9.90 Å². The van der Waals surface area contributed by atoms with Gasteiger partial charge in [0.25, 0.3) is 0 Å². The van der Waals surface area contributed by atoms with Gasteiger partial charge in [-0.15, -0.1) is 0 Å². The van der Waals surface area contributed by atoms with Gasteiger partial charge in [-0.25, -0.2) is 0 Å². The van der Waals surface area contributed by atoms with Gasteiger partial charge in [0, 0.05) is 12.6 Å². The molecule has 1 amide bonds. The molecule has 0 aliphatic carbocycles. The molecule has 1 fully saturated rings. The van der Waals surface area contributed by atoms with Crippen LogP contribution in [0, 0.1) is 11.8 Å². The maximum absolute atomic E-state index is 12.6. The molecule has 0 spiro atoms. The van der Waals surface area contributed by atoms with Crippen LogP contribution >= 0.6 is 0 Å². The molecule has 1 aromatic carbocycles. The fraction of sp³-hybridized carbons (Fsp3) is 0.588. The van der Waals surface area contributed by atoms with Crippen molar-refractivity contribution in [2.24, 2.45) is 17.6 Å². The summed E-state index contributed by atoms with van der Waals surface area (Å²) in [6.45, 7) is 7.30. The largest absolute Gasteiger partial charge is 0.508 e. The van der Waals surface area contributed by atoms with Gasteiger partial charge in [-0.05, 0) is 49.3 Å². The molecule has 1 aliphatic rings. The number of aromatic hydroxyl groups is 1. The molecule has 0 aromatic heterocycles. The third-order valence-corrected chi connectivity index (χ3v) is 4.59. The van der Waals surface area contributed by atoms with Crippen molar-refractivity contribution >= 4 is 5.91 Å². The Morgan fingerprint density at radius 1 is 1.33 bits per heavy atom. The Morgan fingerprint density at radius 3 is 2.57 bits per heavy atom. The van der Waals surface area contributed by atoms with E-state index in [0.717, 1.165) is 18.5 Å². The summed E-state index contributed by atoms with van der Waals surface area (Å²) in [4.78, 5) is 14.6. The molecule has 1 aliphatic heterocycles. The van der Waals surface area contributed by atoms with Crippen LogP contribution in [0.25, 0.3) is 0 Å². The molecule has 1 saturated heterocycles. The van der Waals surface area contributed by atoms with Gasteiger partial charge in [0.15, 0.2) is 0 Å². The van der Waals surface area contributed by atoms with Crippen molar-refractivity contribution in [2.45, 2.75) is 45.7 Å². The third kappa shape index (κ3) is 3.76. The van der Waals surface area contributed by atoms with Crippen LogP contribution < -0.4 is 5.73 Å². The first kappa shape index (κ1) is 15.8. The van der Waals surface area contributed by atoms with E-state index in [-0.39, 0.29) is 17.7 Å². The first-order valence-electron chi connectivity index (χ1n) is 7.72. The van der Waals surface area contributed by atoms with Crippen LogP contribution in [0.15, 0.2) is 24.3 Å². The molecule has 0 saturated carbocycles. The van der Waals surface area contributed by atoms with Crippen LogP contribution in [0.2, 0.25) is 0 Å². The number of nitrogens with two attached hydrogens (primary N) is 1. The molecule has 1 heterocycles. The molecule has 0 bridgehead atoms. The van der Waals surface area contributed by atoms with Crippen molar-refractivity contribution < 1.29 is 9.90 Å². The molecule has 116 valence electrons. The van der Waals surface area contributed by atoms with Crippen molar-refractivity contribution in [3.63, 3.8) is 0 Å². The van der Waals surface area contributed by atoms with Gasteiger partial charge in [-0.3, -0.25) is 4.79 Å². The normalized spacial score (nSPS) is 27.4. The first-order chi connectivity index (χ1) is 9.88. The maximum Gasteiger partial charge on any atom is 0.240 e. The van der Waals surface area contributed by atoms with Crippen LogP contribution in [0.5, 0.6) is 5.75 Å². The molecular formula is C17H26N2O2. The number of carbonyl (C=O) groups excluding carboxylic acids is 1. The predicted molar refractivity (Wildman–Crippen MR) is 83.9 cm³/mol. The zero-order valence-electron chi connectivity index (χ0n) is 13.1. The number of rotatable bonds is 3. The summed E-state index contributed by atoms with van der Waals surface area (Å²) < 4.78 is 0. The number of hydrogen-bond donors (Lipinski definition) is 2. The fourth-order valence-corrected chi connectivity index (χ4v) is 3.19. The second-order valence-electron chi connectivity index (χ2n) is 6.53. The van der Waals surface area contributed by atoms with E-state index < -0.39 is 6.04 Å². The van der Waals surface area contributed by atoms with Crippen LogP contribution in [-0.2, 0) is 11.2 Å². The molecule has 4 atom stereocenters. The number of amides is 1. The molecular weight excluding hydrogens is 264 g/mol. The Balaban J connectivity index is 2.02. The first-order valence-corrected chi connectivity index (χ1v) is 7.72. The minimum Gasteiger partial charge on any atom is -0.508 e. The van der Waals surface area contributed by atoms with Gasteiger partial charge >= 0.3 is 0 Å². The van der Waals surface area contributed by atoms with Crippen molar-refractivity contribution in [3.05, 3.63) is 29.8 Å². The monoisotopic (exact) mass is 290 g/mol. The molecule has 2 rings (SSSR count). The number of phenols is 1. The Morgan fingerprint density at radius 2 is 1.95 bits per heavy atom. The smallest absolute Gasteiger partial charge is 0.240 e. The van der Waals surface area contributed by atoms with E-state index >= 15 is 0 Å². The van der Waals surface area contributed by atoms with Crippen molar-refractivity contribution in [1.82, 2.24) is 4.90 Å². The van der Waals surface area contributed by atoms with Gasteiger partial charge in [0.05, 0.1) is 6.04 Å². The molecule has 21 heavy (non-hydrogen) atoms. The average Bonchev–Trinajstić information content (AvgIpc) is 2.44.